The molecule has 6 heteroatoms. The molecule has 0 radical (unpaired) electrons. The number of hydrogen-bond acceptors (Lipinski definition) is 5. The Labute approximate surface area is 200 Å². The summed E-state index contributed by atoms with van der Waals surface area (Å²) in [5, 5.41) is 13.3. The van der Waals surface area contributed by atoms with Crippen LogP contribution in [0, 0.1) is 5.21 Å². The molecule has 2 aliphatic rings. The van der Waals surface area contributed by atoms with Gasteiger partial charge in [0.15, 0.2) is 5.60 Å². The molecular formula is C28H30N2O4. The van der Waals surface area contributed by atoms with Gasteiger partial charge in [-0.2, -0.15) is 0 Å². The SMILES string of the molecule is CCN(CC)c1ccc2c(c1)Oc1cc([N+]([O-])(CC)CC)ccc1C21OC(=O)c2ccccc21. The van der Waals surface area contributed by atoms with Crippen LogP contribution in [0.1, 0.15) is 54.7 Å². The summed E-state index contributed by atoms with van der Waals surface area (Å²) in [6.45, 7) is 10.6. The Morgan fingerprint density at radius 1 is 0.853 bits per heavy atom. The van der Waals surface area contributed by atoms with Gasteiger partial charge in [-0.25, -0.2) is 4.79 Å². The van der Waals surface area contributed by atoms with Crippen LogP contribution in [0.3, 0.4) is 0 Å². The molecule has 3 aromatic carbocycles. The smallest absolute Gasteiger partial charge is 0.340 e. The number of benzene rings is 3. The summed E-state index contributed by atoms with van der Waals surface area (Å²) in [5.41, 5.74) is 3.41. The third kappa shape index (κ3) is 3.06. The molecule has 2 heterocycles. The van der Waals surface area contributed by atoms with Crippen LogP contribution in [0.5, 0.6) is 11.5 Å². The summed E-state index contributed by atoms with van der Waals surface area (Å²) < 4.78 is 12.2. The number of ether oxygens (including phenoxy) is 2. The second-order valence-corrected chi connectivity index (χ2v) is 8.77. The highest BCUT2D eigenvalue weighted by Crippen LogP contribution is 2.57. The molecule has 176 valence electrons. The second kappa shape index (κ2) is 8.15. The molecule has 1 atom stereocenters. The molecule has 6 nitrogen and oxygen atoms in total. The predicted octanol–water partition coefficient (Wildman–Crippen LogP) is 5.95. The van der Waals surface area contributed by atoms with E-state index < -0.39 is 10.2 Å². The number of esters is 1. The Kier molecular flexibility index (Phi) is 5.38. The number of hydrogen-bond donors (Lipinski definition) is 0. The maximum atomic E-state index is 13.3. The summed E-state index contributed by atoms with van der Waals surface area (Å²) in [6, 6.07) is 19.1. The van der Waals surface area contributed by atoms with Crippen molar-refractivity contribution in [2.45, 2.75) is 33.3 Å². The molecule has 3 aromatic rings. The maximum Gasteiger partial charge on any atom is 0.340 e. The quantitative estimate of drug-likeness (QED) is 0.260. The van der Waals surface area contributed by atoms with Crippen LogP contribution in [0.25, 0.3) is 0 Å². The minimum atomic E-state index is -1.12. The lowest BCUT2D eigenvalue weighted by Gasteiger charge is -2.42. The zero-order valence-electron chi connectivity index (χ0n) is 20.1. The largest absolute Gasteiger partial charge is 0.627 e. The zero-order chi connectivity index (χ0) is 24.1. The van der Waals surface area contributed by atoms with Crippen LogP contribution in [-0.4, -0.2) is 32.1 Å². The third-order valence-electron chi connectivity index (χ3n) is 7.30. The summed E-state index contributed by atoms with van der Waals surface area (Å²) in [7, 11) is 0. The van der Waals surface area contributed by atoms with Crippen LogP contribution in [0.2, 0.25) is 0 Å². The van der Waals surface area contributed by atoms with Gasteiger partial charge < -0.3 is 24.2 Å². The maximum absolute atomic E-state index is 13.3. The molecule has 0 N–H and O–H groups in total. The van der Waals surface area contributed by atoms with Gasteiger partial charge in [0, 0.05) is 53.7 Å². The van der Waals surface area contributed by atoms with Gasteiger partial charge >= 0.3 is 5.97 Å². The van der Waals surface area contributed by atoms with Crippen molar-refractivity contribution >= 4 is 17.3 Å². The van der Waals surface area contributed by atoms with Gasteiger partial charge in [-0.3, -0.25) is 0 Å². The van der Waals surface area contributed by atoms with Crippen LogP contribution < -0.4 is 14.3 Å². The van der Waals surface area contributed by atoms with Gasteiger partial charge in [-0.1, -0.05) is 18.2 Å². The van der Waals surface area contributed by atoms with E-state index in [-0.39, 0.29) is 5.97 Å². The van der Waals surface area contributed by atoms with E-state index in [0.717, 1.165) is 35.5 Å². The lowest BCUT2D eigenvalue weighted by atomic mass is 9.77. The fraction of sp³-hybridized carbons (Fsp3) is 0.321. The van der Waals surface area contributed by atoms with Gasteiger partial charge in [0.1, 0.15) is 17.2 Å². The molecule has 1 unspecified atom stereocenters. The van der Waals surface area contributed by atoms with Crippen LogP contribution >= 0.6 is 0 Å². The lowest BCUT2D eigenvalue weighted by Crippen LogP contribution is -2.42. The Hall–Kier alpha value is -3.35. The monoisotopic (exact) mass is 458 g/mol. The van der Waals surface area contributed by atoms with Crippen molar-refractivity contribution in [1.82, 2.24) is 4.65 Å². The molecule has 0 saturated heterocycles. The van der Waals surface area contributed by atoms with Crippen LogP contribution in [0.4, 0.5) is 11.4 Å². The zero-order valence-corrected chi connectivity index (χ0v) is 20.1. The van der Waals surface area contributed by atoms with E-state index in [1.807, 2.05) is 62.4 Å². The van der Waals surface area contributed by atoms with E-state index in [1.54, 1.807) is 6.07 Å². The Bertz CT molecular complexity index is 1260. The van der Waals surface area contributed by atoms with Crippen molar-refractivity contribution in [3.8, 4) is 11.5 Å². The van der Waals surface area contributed by atoms with E-state index in [0.29, 0.717) is 35.8 Å². The van der Waals surface area contributed by atoms with Crippen LogP contribution in [-0.2, 0) is 10.3 Å². The van der Waals surface area contributed by atoms with E-state index in [4.69, 9.17) is 9.47 Å². The number of quaternary nitrogens is 1. The van der Waals surface area contributed by atoms with Crippen molar-refractivity contribution in [3.63, 3.8) is 0 Å². The highest BCUT2D eigenvalue weighted by molar-refractivity contribution is 5.97. The van der Waals surface area contributed by atoms with Crippen LogP contribution in [0.15, 0.2) is 60.7 Å². The Morgan fingerprint density at radius 3 is 2.18 bits per heavy atom. The number of fused-ring (bicyclic) bond motifs is 6. The summed E-state index contributed by atoms with van der Waals surface area (Å²) in [5.74, 6) is 0.823. The first kappa shape index (κ1) is 22.4. The minimum Gasteiger partial charge on any atom is -0.627 e. The highest BCUT2D eigenvalue weighted by Gasteiger charge is 2.53. The number of rotatable bonds is 6. The second-order valence-electron chi connectivity index (χ2n) is 8.77. The molecule has 0 bridgehead atoms. The first-order valence-electron chi connectivity index (χ1n) is 12.0. The molecule has 2 aliphatic heterocycles. The number of hydroxylamine groups is 2. The number of anilines is 1. The first-order valence-corrected chi connectivity index (χ1v) is 12.0. The molecule has 0 aliphatic carbocycles. The molecular weight excluding hydrogens is 428 g/mol. The molecule has 0 fully saturated rings. The summed E-state index contributed by atoms with van der Waals surface area (Å²) in [4.78, 5) is 15.3. The predicted molar refractivity (Wildman–Crippen MR) is 135 cm³/mol. The molecule has 34 heavy (non-hydrogen) atoms. The molecule has 0 saturated carbocycles. The Morgan fingerprint density at radius 2 is 1.50 bits per heavy atom. The molecule has 0 amide bonds. The molecule has 0 aromatic heterocycles. The van der Waals surface area contributed by atoms with Gasteiger partial charge in [0.25, 0.3) is 0 Å². The van der Waals surface area contributed by atoms with Crippen molar-refractivity contribution in [1.29, 1.82) is 0 Å². The van der Waals surface area contributed by atoms with Gasteiger partial charge in [-0.05, 0) is 52.0 Å². The standard InChI is InChI=1S/C28H30N2O4/c1-5-29(6-2)19-13-15-23-25(17-19)33-26-18-20(30(32,7-3)8-4)14-16-24(26)28(23)22-12-10-9-11-21(22)27(31)34-28/h9-18H,5-8H2,1-4H3. The van der Waals surface area contributed by atoms with E-state index in [9.17, 15) is 10.0 Å². The van der Waals surface area contributed by atoms with E-state index in [1.165, 1.54) is 0 Å². The van der Waals surface area contributed by atoms with Crippen molar-refractivity contribution in [2.75, 3.05) is 31.1 Å². The van der Waals surface area contributed by atoms with E-state index >= 15 is 0 Å². The normalized spacial score (nSPS) is 18.1. The average Bonchev–Trinajstić information content (AvgIpc) is 3.17. The summed E-state index contributed by atoms with van der Waals surface area (Å²) >= 11 is 0. The van der Waals surface area contributed by atoms with Crippen molar-refractivity contribution in [3.05, 3.63) is 88.1 Å². The minimum absolute atomic E-state index is 0.359. The third-order valence-corrected chi connectivity index (χ3v) is 7.30. The molecule has 5 rings (SSSR count). The van der Waals surface area contributed by atoms with Gasteiger partial charge in [-0.15, -0.1) is 0 Å². The fourth-order valence-corrected chi connectivity index (χ4v) is 5.28. The molecule has 1 spiro atoms. The topological polar surface area (TPSA) is 61.8 Å². The Balaban J connectivity index is 1.78. The average molecular weight is 459 g/mol. The van der Waals surface area contributed by atoms with E-state index in [2.05, 4.69) is 24.8 Å². The van der Waals surface area contributed by atoms with Crippen molar-refractivity contribution < 1.29 is 14.3 Å². The number of carbonyl (C=O) groups is 1. The first-order chi connectivity index (χ1) is 16.4. The fourth-order valence-electron chi connectivity index (χ4n) is 5.28. The van der Waals surface area contributed by atoms with Gasteiger partial charge in [0.05, 0.1) is 18.7 Å². The summed E-state index contributed by atoms with van der Waals surface area (Å²) in [6.07, 6.45) is 0. The van der Waals surface area contributed by atoms with Gasteiger partial charge in [0.2, 0.25) is 0 Å². The van der Waals surface area contributed by atoms with Crippen molar-refractivity contribution in [2.24, 2.45) is 0 Å². The highest BCUT2D eigenvalue weighted by atomic mass is 16.6. The number of carbonyl (C=O) groups excluding carboxylic acids is 1. The number of nitrogens with zero attached hydrogens (tertiary/aromatic N) is 2. The lowest BCUT2D eigenvalue weighted by molar-refractivity contribution is 0.0224.